The first kappa shape index (κ1) is 15.0. The van der Waals surface area contributed by atoms with Crippen LogP contribution in [0.25, 0.3) is 0 Å². The maximum atomic E-state index is 12.1. The van der Waals surface area contributed by atoms with Crippen molar-refractivity contribution in [3.8, 4) is 0 Å². The summed E-state index contributed by atoms with van der Waals surface area (Å²) in [6, 6.07) is 9.17. The van der Waals surface area contributed by atoms with Gasteiger partial charge in [0.2, 0.25) is 5.91 Å². The average molecular weight is 293 g/mol. The SMILES string of the molecule is NC(=O)C1CSC(C(=O)CCC(N)c2ccccc2)N1. The van der Waals surface area contributed by atoms with Crippen molar-refractivity contribution in [3.63, 3.8) is 0 Å². The Morgan fingerprint density at radius 2 is 2.05 bits per heavy atom. The van der Waals surface area contributed by atoms with E-state index in [-0.39, 0.29) is 17.2 Å². The number of benzene rings is 1. The van der Waals surface area contributed by atoms with Crippen LogP contribution >= 0.6 is 11.8 Å². The maximum Gasteiger partial charge on any atom is 0.235 e. The van der Waals surface area contributed by atoms with Gasteiger partial charge < -0.3 is 11.5 Å². The number of rotatable bonds is 6. The molecule has 0 bridgehead atoms. The molecule has 1 heterocycles. The second kappa shape index (κ2) is 6.88. The quantitative estimate of drug-likeness (QED) is 0.711. The van der Waals surface area contributed by atoms with Gasteiger partial charge in [-0.3, -0.25) is 14.9 Å². The number of nitrogens with one attached hydrogen (secondary N) is 1. The molecule has 108 valence electrons. The van der Waals surface area contributed by atoms with Crippen molar-refractivity contribution in [2.45, 2.75) is 30.3 Å². The molecule has 1 saturated heterocycles. The maximum absolute atomic E-state index is 12.1. The molecule has 1 aromatic carbocycles. The van der Waals surface area contributed by atoms with E-state index in [1.807, 2.05) is 30.3 Å². The molecule has 0 radical (unpaired) electrons. The van der Waals surface area contributed by atoms with Gasteiger partial charge in [-0.2, -0.15) is 0 Å². The van der Waals surface area contributed by atoms with Crippen LogP contribution in [0.15, 0.2) is 30.3 Å². The van der Waals surface area contributed by atoms with Crippen molar-refractivity contribution < 1.29 is 9.59 Å². The second-order valence-electron chi connectivity index (χ2n) is 4.86. The van der Waals surface area contributed by atoms with Crippen molar-refractivity contribution in [1.82, 2.24) is 5.32 Å². The molecule has 3 unspecified atom stereocenters. The van der Waals surface area contributed by atoms with E-state index >= 15 is 0 Å². The molecule has 0 aliphatic carbocycles. The lowest BCUT2D eigenvalue weighted by atomic mass is 10.0. The van der Waals surface area contributed by atoms with E-state index in [1.165, 1.54) is 11.8 Å². The first-order valence-corrected chi connectivity index (χ1v) is 7.63. The zero-order valence-electron chi connectivity index (χ0n) is 11.1. The molecular weight excluding hydrogens is 274 g/mol. The normalized spacial score (nSPS) is 23.4. The van der Waals surface area contributed by atoms with Crippen LogP contribution in [0.5, 0.6) is 0 Å². The molecule has 0 aromatic heterocycles. The van der Waals surface area contributed by atoms with Crippen molar-refractivity contribution in [2.24, 2.45) is 11.5 Å². The number of carbonyl (C=O) groups is 2. The molecule has 1 aromatic rings. The van der Waals surface area contributed by atoms with Crippen LogP contribution < -0.4 is 16.8 Å². The van der Waals surface area contributed by atoms with Crippen LogP contribution in [0.4, 0.5) is 0 Å². The first-order valence-electron chi connectivity index (χ1n) is 6.58. The largest absolute Gasteiger partial charge is 0.368 e. The third-order valence-electron chi connectivity index (χ3n) is 3.35. The summed E-state index contributed by atoms with van der Waals surface area (Å²) in [6.07, 6.45) is 0.995. The van der Waals surface area contributed by atoms with Gasteiger partial charge in [-0.1, -0.05) is 30.3 Å². The Morgan fingerprint density at radius 3 is 2.65 bits per heavy atom. The summed E-state index contributed by atoms with van der Waals surface area (Å²) in [5.41, 5.74) is 12.3. The van der Waals surface area contributed by atoms with Crippen molar-refractivity contribution in [2.75, 3.05) is 5.75 Å². The third-order valence-corrected chi connectivity index (χ3v) is 4.61. The van der Waals surface area contributed by atoms with E-state index in [1.54, 1.807) is 0 Å². The van der Waals surface area contributed by atoms with Gasteiger partial charge in [-0.25, -0.2) is 0 Å². The van der Waals surface area contributed by atoms with Gasteiger partial charge in [0.15, 0.2) is 5.78 Å². The first-order chi connectivity index (χ1) is 9.58. The van der Waals surface area contributed by atoms with E-state index in [4.69, 9.17) is 11.5 Å². The van der Waals surface area contributed by atoms with E-state index in [9.17, 15) is 9.59 Å². The molecule has 1 aliphatic rings. The number of ketones is 1. The van der Waals surface area contributed by atoms with Crippen LogP contribution in [0.3, 0.4) is 0 Å². The van der Waals surface area contributed by atoms with Crippen molar-refractivity contribution in [3.05, 3.63) is 35.9 Å². The topological polar surface area (TPSA) is 98.2 Å². The van der Waals surface area contributed by atoms with Crippen LogP contribution in [-0.2, 0) is 9.59 Å². The molecule has 20 heavy (non-hydrogen) atoms. The lowest BCUT2D eigenvalue weighted by molar-refractivity contribution is -0.120. The Morgan fingerprint density at radius 1 is 1.35 bits per heavy atom. The van der Waals surface area contributed by atoms with Gasteiger partial charge in [-0.05, 0) is 12.0 Å². The molecule has 0 saturated carbocycles. The number of carbonyl (C=O) groups excluding carboxylic acids is 2. The fourth-order valence-corrected chi connectivity index (χ4v) is 3.33. The second-order valence-corrected chi connectivity index (χ2v) is 6.00. The Kier molecular flexibility index (Phi) is 5.17. The molecule has 6 heteroatoms. The van der Waals surface area contributed by atoms with E-state index in [0.29, 0.717) is 18.6 Å². The van der Waals surface area contributed by atoms with Crippen LogP contribution in [0, 0.1) is 0 Å². The number of Topliss-reactive ketones (excluding diaryl/α,β-unsaturated/α-hetero) is 1. The minimum absolute atomic E-state index is 0.0742. The smallest absolute Gasteiger partial charge is 0.235 e. The molecule has 5 nitrogen and oxygen atoms in total. The van der Waals surface area contributed by atoms with Gasteiger partial charge in [-0.15, -0.1) is 11.8 Å². The molecule has 5 N–H and O–H groups in total. The Labute approximate surface area is 122 Å². The minimum Gasteiger partial charge on any atom is -0.368 e. The fourth-order valence-electron chi connectivity index (χ4n) is 2.12. The molecule has 1 amide bonds. The highest BCUT2D eigenvalue weighted by Crippen LogP contribution is 2.23. The molecule has 2 rings (SSSR count). The predicted molar refractivity (Wildman–Crippen MR) is 80.0 cm³/mol. The fraction of sp³-hybridized carbons (Fsp3) is 0.429. The Balaban J connectivity index is 1.80. The molecule has 0 spiro atoms. The van der Waals surface area contributed by atoms with Crippen molar-refractivity contribution >= 4 is 23.5 Å². The number of hydrogen-bond acceptors (Lipinski definition) is 5. The van der Waals surface area contributed by atoms with Crippen LogP contribution in [-0.4, -0.2) is 28.9 Å². The summed E-state index contributed by atoms with van der Waals surface area (Å²) >= 11 is 1.43. The monoisotopic (exact) mass is 293 g/mol. The summed E-state index contributed by atoms with van der Waals surface area (Å²) in [5.74, 6) is 0.218. The zero-order valence-corrected chi connectivity index (χ0v) is 11.9. The van der Waals surface area contributed by atoms with Gasteiger partial charge >= 0.3 is 0 Å². The Bertz CT molecular complexity index is 481. The van der Waals surface area contributed by atoms with Crippen molar-refractivity contribution in [1.29, 1.82) is 0 Å². The van der Waals surface area contributed by atoms with Crippen LogP contribution in [0.1, 0.15) is 24.4 Å². The lowest BCUT2D eigenvalue weighted by Gasteiger charge is -2.14. The molecule has 1 aliphatic heterocycles. The average Bonchev–Trinajstić information content (AvgIpc) is 2.95. The van der Waals surface area contributed by atoms with Gasteiger partial charge in [0.1, 0.15) is 5.37 Å². The highest BCUT2D eigenvalue weighted by atomic mass is 32.2. The predicted octanol–water partition coefficient (Wildman–Crippen LogP) is 0.552. The summed E-state index contributed by atoms with van der Waals surface area (Å²) in [5, 5.41) is 2.61. The van der Waals surface area contributed by atoms with E-state index in [2.05, 4.69) is 5.32 Å². The summed E-state index contributed by atoms with van der Waals surface area (Å²) in [6.45, 7) is 0. The van der Waals surface area contributed by atoms with E-state index in [0.717, 1.165) is 5.56 Å². The van der Waals surface area contributed by atoms with Gasteiger partial charge in [0.25, 0.3) is 0 Å². The number of thioether (sulfide) groups is 1. The molecule has 3 atom stereocenters. The highest BCUT2D eigenvalue weighted by Gasteiger charge is 2.32. The number of amides is 1. The van der Waals surface area contributed by atoms with Crippen LogP contribution in [0.2, 0.25) is 0 Å². The lowest BCUT2D eigenvalue weighted by Crippen LogP contribution is -2.43. The van der Waals surface area contributed by atoms with Gasteiger partial charge in [0.05, 0.1) is 6.04 Å². The highest BCUT2D eigenvalue weighted by molar-refractivity contribution is 8.00. The number of primary amides is 1. The Hall–Kier alpha value is -1.37. The third kappa shape index (κ3) is 3.82. The number of hydrogen-bond donors (Lipinski definition) is 3. The minimum atomic E-state index is -0.409. The summed E-state index contributed by atoms with van der Waals surface area (Å²) in [7, 11) is 0. The molecular formula is C14H19N3O2S. The van der Waals surface area contributed by atoms with E-state index < -0.39 is 11.9 Å². The van der Waals surface area contributed by atoms with Gasteiger partial charge in [0, 0.05) is 18.2 Å². The summed E-state index contributed by atoms with van der Waals surface area (Å²) < 4.78 is 0. The molecule has 1 fully saturated rings. The standard InChI is InChI=1S/C14H19N3O2S/c15-10(9-4-2-1-3-5-9)6-7-12(18)14-17-11(8-20-14)13(16)19/h1-5,10-11,14,17H,6-8,15H2,(H2,16,19). The number of nitrogens with two attached hydrogens (primary N) is 2. The zero-order chi connectivity index (χ0) is 14.5. The summed E-state index contributed by atoms with van der Waals surface area (Å²) in [4.78, 5) is 23.1.